The maximum absolute atomic E-state index is 6.44. The highest BCUT2D eigenvalue weighted by atomic mass is 35.5. The molecule has 2 aromatic rings. The average Bonchev–Trinajstić information content (AvgIpc) is 3.14. The number of aromatic nitrogens is 4. The molecule has 5 nitrogen and oxygen atoms in total. The first-order chi connectivity index (χ1) is 10.2. The van der Waals surface area contributed by atoms with Crippen LogP contribution in [0.5, 0.6) is 0 Å². The Morgan fingerprint density at radius 3 is 2.86 bits per heavy atom. The van der Waals surface area contributed by atoms with Gasteiger partial charge in [0.15, 0.2) is 0 Å². The normalized spacial score (nSPS) is 14.8. The van der Waals surface area contributed by atoms with E-state index in [4.69, 9.17) is 11.6 Å². The number of hydrogen-bond donors (Lipinski definition) is 1. The van der Waals surface area contributed by atoms with Gasteiger partial charge in [-0.05, 0) is 26.2 Å². The van der Waals surface area contributed by atoms with Crippen LogP contribution in [0.4, 0.5) is 0 Å². The van der Waals surface area contributed by atoms with E-state index in [1.165, 1.54) is 18.4 Å². The van der Waals surface area contributed by atoms with Crippen LogP contribution in [-0.4, -0.2) is 25.6 Å². The first kappa shape index (κ1) is 14.6. The van der Waals surface area contributed by atoms with Gasteiger partial charge in [0.25, 0.3) is 0 Å². The van der Waals surface area contributed by atoms with E-state index in [1.807, 2.05) is 15.6 Å². The largest absolute Gasteiger partial charge is 0.310 e. The molecule has 0 saturated heterocycles. The summed E-state index contributed by atoms with van der Waals surface area (Å²) >= 11 is 6.44. The molecule has 1 aliphatic rings. The summed E-state index contributed by atoms with van der Waals surface area (Å²) in [5.41, 5.74) is 3.23. The van der Waals surface area contributed by atoms with Gasteiger partial charge in [-0.25, -0.2) is 0 Å². The van der Waals surface area contributed by atoms with Crippen LogP contribution in [0, 0.1) is 0 Å². The predicted molar refractivity (Wildman–Crippen MR) is 83.5 cm³/mol. The maximum atomic E-state index is 6.44. The Morgan fingerprint density at radius 1 is 1.38 bits per heavy atom. The number of nitrogens with one attached hydrogen (secondary N) is 1. The fourth-order valence-corrected chi connectivity index (χ4v) is 2.78. The van der Waals surface area contributed by atoms with Gasteiger partial charge >= 0.3 is 0 Å². The van der Waals surface area contributed by atoms with Crippen molar-refractivity contribution >= 4 is 11.6 Å². The SMILES string of the molecule is CCc1nn(CC)c(Cn2cc(CNC3CC3)cn2)c1Cl. The van der Waals surface area contributed by atoms with Crippen molar-refractivity contribution in [3.63, 3.8) is 0 Å². The van der Waals surface area contributed by atoms with E-state index in [0.717, 1.165) is 42.0 Å². The summed E-state index contributed by atoms with van der Waals surface area (Å²) in [6.45, 7) is 6.55. The molecule has 1 saturated carbocycles. The molecule has 0 amide bonds. The smallest absolute Gasteiger partial charge is 0.0869 e. The summed E-state index contributed by atoms with van der Waals surface area (Å²) < 4.78 is 3.92. The highest BCUT2D eigenvalue weighted by Gasteiger charge is 2.20. The molecule has 2 heterocycles. The highest BCUT2D eigenvalue weighted by Crippen LogP contribution is 2.23. The highest BCUT2D eigenvalue weighted by molar-refractivity contribution is 6.31. The van der Waals surface area contributed by atoms with E-state index >= 15 is 0 Å². The molecular formula is C15H22ClN5. The number of halogens is 1. The fourth-order valence-electron chi connectivity index (χ4n) is 2.46. The van der Waals surface area contributed by atoms with Crippen molar-refractivity contribution < 1.29 is 0 Å². The number of rotatable bonds is 7. The third kappa shape index (κ3) is 3.30. The Morgan fingerprint density at radius 2 is 2.19 bits per heavy atom. The summed E-state index contributed by atoms with van der Waals surface area (Å²) in [6, 6.07) is 0.719. The zero-order valence-electron chi connectivity index (χ0n) is 12.6. The van der Waals surface area contributed by atoms with Gasteiger partial charge in [-0.3, -0.25) is 9.36 Å². The van der Waals surface area contributed by atoms with Gasteiger partial charge in [0, 0.05) is 30.9 Å². The van der Waals surface area contributed by atoms with E-state index in [1.54, 1.807) is 0 Å². The summed E-state index contributed by atoms with van der Waals surface area (Å²) in [5, 5.41) is 13.3. The molecule has 0 atom stereocenters. The van der Waals surface area contributed by atoms with E-state index in [9.17, 15) is 0 Å². The molecule has 0 aliphatic heterocycles. The van der Waals surface area contributed by atoms with Crippen LogP contribution in [-0.2, 0) is 26.1 Å². The number of nitrogens with zero attached hydrogens (tertiary/aromatic N) is 4. The lowest BCUT2D eigenvalue weighted by Gasteiger charge is -2.05. The molecule has 0 spiro atoms. The van der Waals surface area contributed by atoms with Gasteiger partial charge < -0.3 is 5.32 Å². The molecule has 3 rings (SSSR count). The summed E-state index contributed by atoms with van der Waals surface area (Å²) in [4.78, 5) is 0. The number of hydrogen-bond acceptors (Lipinski definition) is 3. The standard InChI is InChI=1S/C15H22ClN5/c1-3-13-15(16)14(21(4-2)19-13)10-20-9-11(8-18-20)7-17-12-5-6-12/h8-9,12,17H,3-7,10H2,1-2H3. The second kappa shape index (κ2) is 6.20. The maximum Gasteiger partial charge on any atom is 0.0869 e. The van der Waals surface area contributed by atoms with Crippen LogP contribution in [0.1, 0.15) is 43.6 Å². The zero-order chi connectivity index (χ0) is 14.8. The first-order valence-corrected chi connectivity index (χ1v) is 8.07. The third-order valence-corrected chi connectivity index (χ3v) is 4.30. The summed E-state index contributed by atoms with van der Waals surface area (Å²) in [6.07, 6.45) is 7.48. The van der Waals surface area contributed by atoms with E-state index in [-0.39, 0.29) is 0 Å². The zero-order valence-corrected chi connectivity index (χ0v) is 13.4. The molecule has 0 bridgehead atoms. The Balaban J connectivity index is 1.71. The average molecular weight is 308 g/mol. The minimum Gasteiger partial charge on any atom is -0.310 e. The second-order valence-electron chi connectivity index (χ2n) is 5.58. The summed E-state index contributed by atoms with van der Waals surface area (Å²) in [7, 11) is 0. The van der Waals surface area contributed by atoms with Crippen LogP contribution in [0.25, 0.3) is 0 Å². The molecule has 1 aliphatic carbocycles. The Hall–Kier alpha value is -1.33. The van der Waals surface area contributed by atoms with E-state index in [0.29, 0.717) is 6.54 Å². The minimum absolute atomic E-state index is 0.670. The molecule has 114 valence electrons. The third-order valence-electron chi connectivity index (χ3n) is 3.86. The minimum atomic E-state index is 0.670. The van der Waals surface area contributed by atoms with Crippen molar-refractivity contribution in [1.82, 2.24) is 24.9 Å². The van der Waals surface area contributed by atoms with Crippen LogP contribution in [0.15, 0.2) is 12.4 Å². The molecule has 0 unspecified atom stereocenters. The van der Waals surface area contributed by atoms with Gasteiger partial charge in [0.2, 0.25) is 0 Å². The number of aryl methyl sites for hydroxylation is 2. The fraction of sp³-hybridized carbons (Fsp3) is 0.600. The second-order valence-corrected chi connectivity index (χ2v) is 5.96. The molecule has 2 aromatic heterocycles. The Bertz CT molecular complexity index is 612. The molecular weight excluding hydrogens is 286 g/mol. The summed E-state index contributed by atoms with van der Waals surface area (Å²) in [5.74, 6) is 0. The Kier molecular flexibility index (Phi) is 4.31. The quantitative estimate of drug-likeness (QED) is 0.855. The van der Waals surface area contributed by atoms with Crippen LogP contribution in [0.2, 0.25) is 5.02 Å². The van der Waals surface area contributed by atoms with Gasteiger partial charge in [-0.2, -0.15) is 10.2 Å². The van der Waals surface area contributed by atoms with Crippen molar-refractivity contribution in [2.24, 2.45) is 0 Å². The van der Waals surface area contributed by atoms with Crippen LogP contribution in [0.3, 0.4) is 0 Å². The van der Waals surface area contributed by atoms with Crippen molar-refractivity contribution in [1.29, 1.82) is 0 Å². The lowest BCUT2D eigenvalue weighted by atomic mass is 10.3. The van der Waals surface area contributed by atoms with E-state index in [2.05, 4.69) is 35.6 Å². The van der Waals surface area contributed by atoms with Gasteiger partial charge in [-0.15, -0.1) is 0 Å². The van der Waals surface area contributed by atoms with Gasteiger partial charge in [0.1, 0.15) is 0 Å². The van der Waals surface area contributed by atoms with Crippen LogP contribution < -0.4 is 5.32 Å². The topological polar surface area (TPSA) is 47.7 Å². The van der Waals surface area contributed by atoms with E-state index < -0.39 is 0 Å². The van der Waals surface area contributed by atoms with Crippen molar-refractivity contribution in [2.45, 2.75) is 58.8 Å². The Labute approximate surface area is 130 Å². The molecule has 0 aromatic carbocycles. The predicted octanol–water partition coefficient (Wildman–Crippen LogP) is 2.62. The molecule has 1 N–H and O–H groups in total. The van der Waals surface area contributed by atoms with Crippen molar-refractivity contribution in [3.8, 4) is 0 Å². The van der Waals surface area contributed by atoms with Crippen molar-refractivity contribution in [2.75, 3.05) is 0 Å². The first-order valence-electron chi connectivity index (χ1n) is 7.70. The molecule has 0 radical (unpaired) electrons. The lowest BCUT2D eigenvalue weighted by molar-refractivity contribution is 0.573. The van der Waals surface area contributed by atoms with Crippen molar-refractivity contribution in [3.05, 3.63) is 34.4 Å². The monoisotopic (exact) mass is 307 g/mol. The van der Waals surface area contributed by atoms with Gasteiger partial charge in [-0.1, -0.05) is 18.5 Å². The van der Waals surface area contributed by atoms with Crippen LogP contribution >= 0.6 is 11.6 Å². The van der Waals surface area contributed by atoms with Gasteiger partial charge in [0.05, 0.1) is 29.2 Å². The lowest BCUT2D eigenvalue weighted by Crippen LogP contribution is -2.14. The molecule has 1 fully saturated rings. The molecule has 21 heavy (non-hydrogen) atoms. The molecule has 6 heteroatoms.